The third kappa shape index (κ3) is 3.87. The molecular weight excluding hydrogens is 426 g/mol. The van der Waals surface area contributed by atoms with Gasteiger partial charge in [-0.15, -0.1) is 4.73 Å². The number of anilines is 3. The van der Waals surface area contributed by atoms with Gasteiger partial charge in [-0.2, -0.15) is 4.98 Å². The Morgan fingerprint density at radius 2 is 1.79 bits per heavy atom. The lowest BCUT2D eigenvalue weighted by Crippen LogP contribution is -2.26. The lowest BCUT2D eigenvalue weighted by Gasteiger charge is -2.24. The molecule has 1 N–H and O–H groups in total. The number of benzene rings is 2. The first-order chi connectivity index (χ1) is 16.6. The minimum absolute atomic E-state index is 0.211. The lowest BCUT2D eigenvalue weighted by atomic mass is 10.0. The molecule has 0 amide bonds. The minimum atomic E-state index is -0.730. The van der Waals surface area contributed by atoms with Crippen LogP contribution in [0.25, 0.3) is 22.2 Å². The van der Waals surface area contributed by atoms with Gasteiger partial charge in [0.1, 0.15) is 5.82 Å². The van der Waals surface area contributed by atoms with Crippen LogP contribution in [0.15, 0.2) is 65.6 Å². The van der Waals surface area contributed by atoms with Gasteiger partial charge in [-0.05, 0) is 72.4 Å². The van der Waals surface area contributed by atoms with Crippen molar-refractivity contribution in [3.8, 4) is 11.1 Å². The molecule has 0 saturated carbocycles. The van der Waals surface area contributed by atoms with E-state index in [1.807, 2.05) is 11.0 Å². The summed E-state index contributed by atoms with van der Waals surface area (Å²) in [6.07, 6.45) is 4.65. The molecule has 0 saturated heterocycles. The summed E-state index contributed by atoms with van der Waals surface area (Å²) in [5, 5.41) is 10.7. The number of rotatable bonds is 7. The van der Waals surface area contributed by atoms with E-state index in [0.29, 0.717) is 22.5 Å². The van der Waals surface area contributed by atoms with E-state index in [1.165, 1.54) is 22.4 Å². The Kier molecular flexibility index (Phi) is 5.92. The summed E-state index contributed by atoms with van der Waals surface area (Å²) < 4.78 is 0.506. The number of hydrogen-bond acceptors (Lipinski definition) is 6. The molecule has 1 aliphatic heterocycles. The predicted octanol–water partition coefficient (Wildman–Crippen LogP) is 5.02. The van der Waals surface area contributed by atoms with E-state index < -0.39 is 5.69 Å². The monoisotopic (exact) mass is 455 g/mol. The molecule has 174 valence electrons. The van der Waals surface area contributed by atoms with Crippen molar-refractivity contribution < 1.29 is 5.21 Å². The highest BCUT2D eigenvalue weighted by Crippen LogP contribution is 2.38. The van der Waals surface area contributed by atoms with Crippen LogP contribution in [0.5, 0.6) is 0 Å². The molecule has 0 unspecified atom stereocenters. The standard InChI is InChI=1S/C27H29N5O2/c1-3-14-30(15-4-2)22-8-5-7-19(18-22)20-10-11-24-21(17-20)12-16-31(24)26-23-9-6-13-28-25(23)32(34)27(33)29-26/h5-11,13,17-18,34H,3-4,12,14-16H2,1-2H3. The van der Waals surface area contributed by atoms with E-state index in [1.54, 1.807) is 12.3 Å². The molecule has 2 aromatic heterocycles. The summed E-state index contributed by atoms with van der Waals surface area (Å²) in [4.78, 5) is 25.1. The maximum absolute atomic E-state index is 12.3. The van der Waals surface area contributed by atoms with Crippen LogP contribution >= 0.6 is 0 Å². The summed E-state index contributed by atoms with van der Waals surface area (Å²) in [6, 6.07) is 18.9. The summed E-state index contributed by atoms with van der Waals surface area (Å²) >= 11 is 0. The van der Waals surface area contributed by atoms with Crippen molar-refractivity contribution in [2.24, 2.45) is 0 Å². The zero-order valence-corrected chi connectivity index (χ0v) is 19.6. The highest BCUT2D eigenvalue weighted by molar-refractivity contribution is 5.90. The summed E-state index contributed by atoms with van der Waals surface area (Å²) in [5.41, 5.74) is 5.37. The van der Waals surface area contributed by atoms with Crippen LogP contribution in [0.2, 0.25) is 0 Å². The average molecular weight is 456 g/mol. The second-order valence-corrected chi connectivity index (χ2v) is 8.69. The highest BCUT2D eigenvalue weighted by Gasteiger charge is 2.25. The second kappa shape index (κ2) is 9.17. The van der Waals surface area contributed by atoms with E-state index in [9.17, 15) is 10.0 Å². The van der Waals surface area contributed by atoms with Gasteiger partial charge in [-0.3, -0.25) is 0 Å². The van der Waals surface area contributed by atoms with Crippen LogP contribution in [0.3, 0.4) is 0 Å². The Morgan fingerprint density at radius 1 is 1.00 bits per heavy atom. The van der Waals surface area contributed by atoms with Crippen LogP contribution in [0.1, 0.15) is 32.3 Å². The summed E-state index contributed by atoms with van der Waals surface area (Å²) in [7, 11) is 0. The third-order valence-electron chi connectivity index (χ3n) is 6.37. The Morgan fingerprint density at radius 3 is 2.59 bits per heavy atom. The minimum Gasteiger partial charge on any atom is -0.422 e. The molecule has 0 atom stereocenters. The largest absolute Gasteiger partial charge is 0.422 e. The normalized spacial score (nSPS) is 12.8. The lowest BCUT2D eigenvalue weighted by molar-refractivity contribution is 0.182. The summed E-state index contributed by atoms with van der Waals surface area (Å²) in [5.74, 6) is 0.529. The second-order valence-electron chi connectivity index (χ2n) is 8.69. The SMILES string of the molecule is CCCN(CCC)c1cccc(-c2ccc3c(c2)CCN3c2nc(=O)n(O)c3ncccc23)c1. The first kappa shape index (κ1) is 21.9. The molecule has 1 aliphatic rings. The number of fused-ring (bicyclic) bond motifs is 2. The van der Waals surface area contributed by atoms with Crippen LogP contribution in [0, 0.1) is 0 Å². The van der Waals surface area contributed by atoms with Gasteiger partial charge in [0, 0.05) is 37.2 Å². The zero-order valence-electron chi connectivity index (χ0n) is 19.6. The van der Waals surface area contributed by atoms with Gasteiger partial charge in [0.05, 0.1) is 5.39 Å². The molecular formula is C27H29N5O2. The van der Waals surface area contributed by atoms with Crippen molar-refractivity contribution in [1.29, 1.82) is 0 Å². The molecule has 7 heteroatoms. The van der Waals surface area contributed by atoms with Gasteiger partial charge >= 0.3 is 5.69 Å². The van der Waals surface area contributed by atoms with E-state index in [0.717, 1.165) is 38.0 Å². The highest BCUT2D eigenvalue weighted by atomic mass is 16.5. The first-order valence-electron chi connectivity index (χ1n) is 11.9. The maximum atomic E-state index is 12.3. The molecule has 2 aromatic carbocycles. The molecule has 5 rings (SSSR count). The van der Waals surface area contributed by atoms with Gasteiger partial charge < -0.3 is 15.0 Å². The quantitative estimate of drug-likeness (QED) is 0.395. The topological polar surface area (TPSA) is 74.5 Å². The Labute approximate surface area is 198 Å². The predicted molar refractivity (Wildman–Crippen MR) is 136 cm³/mol. The van der Waals surface area contributed by atoms with Gasteiger partial charge in [0.15, 0.2) is 5.65 Å². The number of hydrogen-bond donors (Lipinski definition) is 1. The Balaban J connectivity index is 1.51. The van der Waals surface area contributed by atoms with E-state index in [4.69, 9.17) is 0 Å². The van der Waals surface area contributed by atoms with Gasteiger partial charge in [0.25, 0.3) is 0 Å². The first-order valence-corrected chi connectivity index (χ1v) is 11.9. The van der Waals surface area contributed by atoms with Gasteiger partial charge in [-0.25, -0.2) is 9.78 Å². The maximum Gasteiger partial charge on any atom is 0.384 e. The number of aromatic nitrogens is 3. The third-order valence-corrected chi connectivity index (χ3v) is 6.37. The van der Waals surface area contributed by atoms with Crippen LogP contribution in [-0.2, 0) is 6.42 Å². The fourth-order valence-corrected chi connectivity index (χ4v) is 4.83. The van der Waals surface area contributed by atoms with Crippen molar-refractivity contribution in [3.05, 3.63) is 76.8 Å². The fourth-order valence-electron chi connectivity index (χ4n) is 4.83. The fraction of sp³-hybridized carbons (Fsp3) is 0.296. The van der Waals surface area contributed by atoms with Crippen molar-refractivity contribution >= 4 is 28.2 Å². The Hall–Kier alpha value is -3.87. The van der Waals surface area contributed by atoms with Gasteiger partial charge in [0.2, 0.25) is 0 Å². The summed E-state index contributed by atoms with van der Waals surface area (Å²) in [6.45, 7) is 7.26. The van der Waals surface area contributed by atoms with Crippen molar-refractivity contribution in [2.45, 2.75) is 33.1 Å². The van der Waals surface area contributed by atoms with Crippen LogP contribution < -0.4 is 15.5 Å². The molecule has 7 nitrogen and oxygen atoms in total. The number of pyridine rings is 1. The van der Waals surface area contributed by atoms with Crippen molar-refractivity contribution in [2.75, 3.05) is 29.4 Å². The van der Waals surface area contributed by atoms with E-state index >= 15 is 0 Å². The van der Waals surface area contributed by atoms with Crippen molar-refractivity contribution in [3.63, 3.8) is 0 Å². The van der Waals surface area contributed by atoms with Crippen molar-refractivity contribution in [1.82, 2.24) is 14.7 Å². The molecule has 0 radical (unpaired) electrons. The van der Waals surface area contributed by atoms with Crippen LogP contribution in [0.4, 0.5) is 17.2 Å². The van der Waals surface area contributed by atoms with E-state index in [2.05, 4.69) is 71.2 Å². The molecule has 0 fully saturated rings. The van der Waals surface area contributed by atoms with Crippen LogP contribution in [-0.4, -0.2) is 39.5 Å². The molecule has 4 aromatic rings. The molecule has 0 aliphatic carbocycles. The molecule has 0 bridgehead atoms. The molecule has 3 heterocycles. The Bertz CT molecular complexity index is 1390. The molecule has 0 spiro atoms. The zero-order chi connectivity index (χ0) is 23.7. The van der Waals surface area contributed by atoms with Gasteiger partial charge in [-0.1, -0.05) is 32.0 Å². The van der Waals surface area contributed by atoms with E-state index in [-0.39, 0.29) is 5.65 Å². The molecule has 34 heavy (non-hydrogen) atoms. The number of nitrogens with zero attached hydrogens (tertiary/aromatic N) is 5. The average Bonchev–Trinajstić information content (AvgIpc) is 3.29. The smallest absolute Gasteiger partial charge is 0.384 e.